The smallest absolute Gasteiger partial charge is 0.407 e. The Hall–Kier alpha value is -3.35. The number of ether oxygens (including phenoxy) is 1. The molecule has 7 nitrogen and oxygen atoms in total. The van der Waals surface area contributed by atoms with Gasteiger partial charge in [0.2, 0.25) is 5.91 Å². The first kappa shape index (κ1) is 22.4. The van der Waals surface area contributed by atoms with Crippen molar-refractivity contribution in [3.63, 3.8) is 0 Å². The van der Waals surface area contributed by atoms with Gasteiger partial charge in [0, 0.05) is 12.5 Å². The lowest BCUT2D eigenvalue weighted by molar-refractivity contribution is -0.138. The van der Waals surface area contributed by atoms with E-state index in [-0.39, 0.29) is 31.4 Å². The number of benzene rings is 2. The maximum absolute atomic E-state index is 13.2. The van der Waals surface area contributed by atoms with Crippen molar-refractivity contribution in [1.82, 2.24) is 10.6 Å². The Bertz CT molecular complexity index is 1070. The zero-order chi connectivity index (χ0) is 23.8. The van der Waals surface area contributed by atoms with Gasteiger partial charge < -0.3 is 20.5 Å². The van der Waals surface area contributed by atoms with Gasteiger partial charge in [0.1, 0.15) is 6.61 Å². The fraction of sp³-hybridized carbons (Fsp3) is 0.444. The number of fused-ring (bicyclic) bond motifs is 3. The first-order valence-electron chi connectivity index (χ1n) is 12.0. The van der Waals surface area contributed by atoms with Crippen molar-refractivity contribution in [3.8, 4) is 11.1 Å². The molecule has 7 heteroatoms. The Labute approximate surface area is 198 Å². The summed E-state index contributed by atoms with van der Waals surface area (Å²) < 4.78 is 5.63. The number of amides is 2. The molecule has 0 heterocycles. The van der Waals surface area contributed by atoms with E-state index in [1.54, 1.807) is 0 Å². The number of carbonyl (C=O) groups excluding carboxylic acids is 2. The van der Waals surface area contributed by atoms with Gasteiger partial charge in [0.15, 0.2) is 0 Å². The van der Waals surface area contributed by atoms with E-state index in [1.807, 2.05) is 24.3 Å². The molecule has 0 atom stereocenters. The summed E-state index contributed by atoms with van der Waals surface area (Å²) in [5, 5.41) is 15.0. The minimum atomic E-state index is -0.907. The predicted octanol–water partition coefficient (Wildman–Crippen LogP) is 4.21. The minimum absolute atomic E-state index is 0.0207. The molecule has 0 radical (unpaired) electrons. The fourth-order valence-electron chi connectivity index (χ4n) is 5.59. The summed E-state index contributed by atoms with van der Waals surface area (Å²) in [5.41, 5.74) is 3.31. The molecule has 0 unspecified atom stereocenters. The second-order valence-electron chi connectivity index (χ2n) is 9.97. The van der Waals surface area contributed by atoms with Crippen LogP contribution in [0.15, 0.2) is 48.5 Å². The third-order valence-electron chi connectivity index (χ3n) is 7.68. The van der Waals surface area contributed by atoms with E-state index in [4.69, 9.17) is 9.84 Å². The van der Waals surface area contributed by atoms with E-state index in [0.29, 0.717) is 25.7 Å². The lowest BCUT2D eigenvalue weighted by Gasteiger charge is -2.30. The van der Waals surface area contributed by atoms with Gasteiger partial charge in [0.05, 0.1) is 17.4 Å². The quantitative estimate of drug-likeness (QED) is 0.545. The van der Waals surface area contributed by atoms with E-state index in [1.165, 1.54) is 11.1 Å². The highest BCUT2D eigenvalue weighted by Crippen LogP contribution is 2.45. The molecule has 2 amide bonds. The van der Waals surface area contributed by atoms with E-state index in [2.05, 4.69) is 34.9 Å². The SMILES string of the molecule is O=C(O)CC1(NC(=O)C2(CNC(=O)OCC3c4ccccc4-c4ccccc43)CCCC2)CC1. The Morgan fingerprint density at radius 1 is 0.912 bits per heavy atom. The van der Waals surface area contributed by atoms with Crippen LogP contribution in [0.25, 0.3) is 11.1 Å². The lowest BCUT2D eigenvalue weighted by Crippen LogP contribution is -2.51. The zero-order valence-electron chi connectivity index (χ0n) is 19.1. The standard InChI is InChI=1S/C27H30N2O5/c30-23(31)15-27(13-14-27)29-24(32)26(11-5-6-12-26)17-28-25(33)34-16-22-20-9-3-1-7-18(20)19-8-2-4-10-21(19)22/h1-4,7-10,22H,5-6,11-17H2,(H,28,33)(H,29,32)(H,30,31). The predicted molar refractivity (Wildman–Crippen MR) is 126 cm³/mol. The summed E-state index contributed by atoms with van der Waals surface area (Å²) in [4.78, 5) is 37.0. The van der Waals surface area contributed by atoms with Crippen LogP contribution in [0, 0.1) is 5.41 Å². The highest BCUT2D eigenvalue weighted by Gasteiger charge is 2.50. The number of hydrogen-bond donors (Lipinski definition) is 3. The summed E-state index contributed by atoms with van der Waals surface area (Å²) in [7, 11) is 0. The van der Waals surface area contributed by atoms with Crippen molar-refractivity contribution < 1.29 is 24.2 Å². The maximum atomic E-state index is 13.2. The highest BCUT2D eigenvalue weighted by atomic mass is 16.5. The van der Waals surface area contributed by atoms with Crippen molar-refractivity contribution in [3.05, 3.63) is 59.7 Å². The van der Waals surface area contributed by atoms with Crippen molar-refractivity contribution in [2.24, 2.45) is 5.41 Å². The summed E-state index contributed by atoms with van der Waals surface area (Å²) in [6, 6.07) is 16.4. The van der Waals surface area contributed by atoms with Crippen molar-refractivity contribution in [2.45, 2.75) is 56.4 Å². The molecule has 0 bridgehead atoms. The van der Waals surface area contributed by atoms with Gasteiger partial charge in [0.25, 0.3) is 0 Å². The number of aliphatic carboxylic acids is 1. The molecule has 3 aliphatic rings. The highest BCUT2D eigenvalue weighted by molar-refractivity contribution is 5.86. The lowest BCUT2D eigenvalue weighted by atomic mass is 9.84. The van der Waals surface area contributed by atoms with E-state index >= 15 is 0 Å². The van der Waals surface area contributed by atoms with Gasteiger partial charge >= 0.3 is 12.1 Å². The van der Waals surface area contributed by atoms with E-state index in [0.717, 1.165) is 24.0 Å². The Morgan fingerprint density at radius 2 is 1.50 bits per heavy atom. The van der Waals surface area contributed by atoms with E-state index < -0.39 is 23.0 Å². The largest absolute Gasteiger partial charge is 0.481 e. The molecule has 2 saturated carbocycles. The first-order chi connectivity index (χ1) is 16.4. The molecular formula is C27H30N2O5. The minimum Gasteiger partial charge on any atom is -0.481 e. The summed E-state index contributed by atoms with van der Waals surface area (Å²) in [5.74, 6) is -1.08. The molecule has 5 rings (SSSR count). The molecule has 178 valence electrons. The Balaban J connectivity index is 1.20. The Kier molecular flexibility index (Phi) is 5.80. The maximum Gasteiger partial charge on any atom is 0.407 e. The molecule has 3 N–H and O–H groups in total. The first-order valence-corrected chi connectivity index (χ1v) is 12.0. The van der Waals surface area contributed by atoms with Gasteiger partial charge in [-0.15, -0.1) is 0 Å². The monoisotopic (exact) mass is 462 g/mol. The van der Waals surface area contributed by atoms with Crippen LogP contribution in [0.1, 0.15) is 62.0 Å². The molecule has 0 aromatic heterocycles. The number of nitrogens with one attached hydrogen (secondary N) is 2. The molecule has 3 aliphatic carbocycles. The van der Waals surface area contributed by atoms with Crippen molar-refractivity contribution >= 4 is 18.0 Å². The molecule has 34 heavy (non-hydrogen) atoms. The number of rotatable bonds is 8. The van der Waals surface area contributed by atoms with Gasteiger partial charge in [-0.2, -0.15) is 0 Å². The van der Waals surface area contributed by atoms with Crippen LogP contribution in [0.2, 0.25) is 0 Å². The normalized spacial score (nSPS) is 19.1. The number of hydrogen-bond acceptors (Lipinski definition) is 4. The van der Waals surface area contributed by atoms with E-state index in [9.17, 15) is 14.4 Å². The van der Waals surface area contributed by atoms with Crippen LogP contribution in [-0.4, -0.2) is 41.8 Å². The van der Waals surface area contributed by atoms with Crippen LogP contribution in [-0.2, 0) is 14.3 Å². The number of carboxylic acid groups (broad SMARTS) is 1. The second-order valence-corrected chi connectivity index (χ2v) is 9.97. The summed E-state index contributed by atoms with van der Waals surface area (Å²) in [6.07, 6.45) is 3.93. The summed E-state index contributed by atoms with van der Waals surface area (Å²) in [6.45, 7) is 0.416. The number of carbonyl (C=O) groups is 3. The van der Waals surface area contributed by atoms with Gasteiger partial charge in [-0.05, 0) is 47.9 Å². The third-order valence-corrected chi connectivity index (χ3v) is 7.68. The molecule has 0 aliphatic heterocycles. The number of alkyl carbamates (subject to hydrolysis) is 1. The van der Waals surface area contributed by atoms with Gasteiger partial charge in [-0.3, -0.25) is 9.59 Å². The van der Waals surface area contributed by atoms with Gasteiger partial charge in [-0.25, -0.2) is 4.79 Å². The van der Waals surface area contributed by atoms with Crippen LogP contribution >= 0.6 is 0 Å². The summed E-state index contributed by atoms with van der Waals surface area (Å²) >= 11 is 0. The van der Waals surface area contributed by atoms with Crippen LogP contribution in [0.3, 0.4) is 0 Å². The van der Waals surface area contributed by atoms with Crippen LogP contribution in [0.4, 0.5) is 4.79 Å². The molecule has 2 fully saturated rings. The molecule has 2 aromatic rings. The van der Waals surface area contributed by atoms with Gasteiger partial charge in [-0.1, -0.05) is 61.4 Å². The second kappa shape index (κ2) is 8.78. The third kappa shape index (κ3) is 4.27. The average molecular weight is 463 g/mol. The van der Waals surface area contributed by atoms with Crippen molar-refractivity contribution in [1.29, 1.82) is 0 Å². The van der Waals surface area contributed by atoms with Crippen LogP contribution < -0.4 is 10.6 Å². The van der Waals surface area contributed by atoms with Crippen LogP contribution in [0.5, 0.6) is 0 Å². The van der Waals surface area contributed by atoms with Crippen molar-refractivity contribution in [2.75, 3.05) is 13.2 Å². The Morgan fingerprint density at radius 3 is 2.06 bits per heavy atom. The average Bonchev–Trinajstić information content (AvgIpc) is 3.27. The topological polar surface area (TPSA) is 105 Å². The molecule has 2 aromatic carbocycles. The molecule has 0 spiro atoms. The molecular weight excluding hydrogens is 432 g/mol. The molecule has 0 saturated heterocycles. The number of carboxylic acids is 1. The fourth-order valence-corrected chi connectivity index (χ4v) is 5.59. The zero-order valence-corrected chi connectivity index (χ0v) is 19.1.